The van der Waals surface area contributed by atoms with Gasteiger partial charge in [0, 0.05) is 12.6 Å². The number of nitrogens with one attached hydrogen (secondary N) is 1. The molecule has 2 unspecified atom stereocenters. The highest BCUT2D eigenvalue weighted by molar-refractivity contribution is 6.40. The quantitative estimate of drug-likeness (QED) is 0.813. The maximum absolute atomic E-state index is 12.5. The lowest BCUT2D eigenvalue weighted by molar-refractivity contribution is -0.274. The van der Waals surface area contributed by atoms with Crippen LogP contribution < -0.4 is 10.1 Å². The standard InChI is InChI=1S/C17H18F3N3O4/c1-9-7-14(15(25)26)22-16(21-11(3)24)23(9)10(2)12-5-4-6-13(8-12)27-17(18,19)20/h4-8,10,16H,1-3H3,(H,21,24)(H,25,26). The van der Waals surface area contributed by atoms with Gasteiger partial charge < -0.3 is 20.1 Å². The lowest BCUT2D eigenvalue weighted by atomic mass is 10.0. The molecule has 0 bridgehead atoms. The van der Waals surface area contributed by atoms with E-state index in [-0.39, 0.29) is 11.5 Å². The molecule has 0 aliphatic carbocycles. The van der Waals surface area contributed by atoms with Crippen LogP contribution in [0, 0.1) is 0 Å². The first kappa shape index (κ1) is 20.3. The van der Waals surface area contributed by atoms with Crippen molar-refractivity contribution >= 4 is 17.6 Å². The molecule has 27 heavy (non-hydrogen) atoms. The van der Waals surface area contributed by atoms with E-state index in [1.807, 2.05) is 0 Å². The number of nitrogens with zero attached hydrogens (tertiary/aromatic N) is 2. The van der Waals surface area contributed by atoms with Gasteiger partial charge in [0.25, 0.3) is 0 Å². The summed E-state index contributed by atoms with van der Waals surface area (Å²) in [7, 11) is 0. The fourth-order valence-corrected chi connectivity index (χ4v) is 2.75. The number of aliphatic carboxylic acids is 1. The molecule has 0 radical (unpaired) electrons. The summed E-state index contributed by atoms with van der Waals surface area (Å²) in [6.07, 6.45) is -4.50. The number of amides is 1. The Labute approximate surface area is 153 Å². The Morgan fingerprint density at radius 1 is 1.37 bits per heavy atom. The molecule has 10 heteroatoms. The van der Waals surface area contributed by atoms with Crippen LogP contribution in [0.15, 0.2) is 41.0 Å². The molecule has 2 N–H and O–H groups in total. The van der Waals surface area contributed by atoms with E-state index in [9.17, 15) is 22.8 Å². The molecule has 0 spiro atoms. The predicted molar refractivity (Wildman–Crippen MR) is 89.8 cm³/mol. The number of alkyl halides is 3. The Bertz CT molecular complexity index is 805. The van der Waals surface area contributed by atoms with E-state index in [4.69, 9.17) is 5.11 Å². The van der Waals surface area contributed by atoms with Gasteiger partial charge in [0.2, 0.25) is 5.91 Å². The van der Waals surface area contributed by atoms with Crippen molar-refractivity contribution in [3.63, 3.8) is 0 Å². The van der Waals surface area contributed by atoms with Crippen molar-refractivity contribution < 1.29 is 32.6 Å². The second-order valence-electron chi connectivity index (χ2n) is 5.88. The lowest BCUT2D eigenvalue weighted by Crippen LogP contribution is -2.49. The monoisotopic (exact) mass is 385 g/mol. The van der Waals surface area contributed by atoms with Gasteiger partial charge in [0.1, 0.15) is 11.5 Å². The van der Waals surface area contributed by atoms with Crippen LogP contribution in [0.25, 0.3) is 0 Å². The van der Waals surface area contributed by atoms with Crippen LogP contribution in [0.1, 0.15) is 32.4 Å². The van der Waals surface area contributed by atoms with Gasteiger partial charge in [0.05, 0.1) is 6.04 Å². The smallest absolute Gasteiger partial charge is 0.477 e. The second kappa shape index (κ2) is 7.68. The number of carbonyl (C=O) groups excluding carboxylic acids is 1. The SMILES string of the molecule is CC(=O)NC1N=C(C(=O)O)C=C(C)N1C(C)c1cccc(OC(F)(F)F)c1. The highest BCUT2D eigenvalue weighted by atomic mass is 19.4. The third-order valence-electron chi connectivity index (χ3n) is 3.82. The molecule has 2 rings (SSSR count). The van der Waals surface area contributed by atoms with E-state index in [0.29, 0.717) is 11.3 Å². The summed E-state index contributed by atoms with van der Waals surface area (Å²) in [5.41, 5.74) is 0.716. The summed E-state index contributed by atoms with van der Waals surface area (Å²) >= 11 is 0. The number of rotatable bonds is 5. The van der Waals surface area contributed by atoms with Gasteiger partial charge in [0.15, 0.2) is 6.29 Å². The van der Waals surface area contributed by atoms with Gasteiger partial charge in [-0.25, -0.2) is 9.79 Å². The van der Waals surface area contributed by atoms with E-state index >= 15 is 0 Å². The predicted octanol–water partition coefficient (Wildman–Crippen LogP) is 2.81. The van der Waals surface area contributed by atoms with Crippen molar-refractivity contribution in [1.29, 1.82) is 0 Å². The highest BCUT2D eigenvalue weighted by Crippen LogP contribution is 2.32. The number of aliphatic imine (C=N–C) groups is 1. The van der Waals surface area contributed by atoms with Crippen LogP contribution >= 0.6 is 0 Å². The fourth-order valence-electron chi connectivity index (χ4n) is 2.75. The minimum absolute atomic E-state index is 0.233. The lowest BCUT2D eigenvalue weighted by Gasteiger charge is -2.39. The van der Waals surface area contributed by atoms with Crippen LogP contribution in [0.3, 0.4) is 0 Å². The Morgan fingerprint density at radius 2 is 2.04 bits per heavy atom. The molecule has 7 nitrogen and oxygen atoms in total. The molecule has 1 aromatic carbocycles. The molecule has 1 heterocycles. The molecule has 1 aromatic rings. The maximum Gasteiger partial charge on any atom is 0.573 e. The maximum atomic E-state index is 12.5. The Morgan fingerprint density at radius 3 is 2.59 bits per heavy atom. The Balaban J connectivity index is 2.36. The summed E-state index contributed by atoms with van der Waals surface area (Å²) in [5, 5.41) is 11.7. The number of benzene rings is 1. The minimum atomic E-state index is -4.82. The van der Waals surface area contributed by atoms with Crippen molar-refractivity contribution in [3.05, 3.63) is 41.6 Å². The zero-order chi connectivity index (χ0) is 20.4. The Kier molecular flexibility index (Phi) is 5.77. The first-order valence-corrected chi connectivity index (χ1v) is 7.88. The summed E-state index contributed by atoms with van der Waals surface area (Å²) < 4.78 is 41.3. The molecule has 0 saturated carbocycles. The number of allylic oxidation sites excluding steroid dienone is 1. The molecule has 1 aliphatic rings. The van der Waals surface area contributed by atoms with Gasteiger partial charge in [-0.05, 0) is 37.6 Å². The van der Waals surface area contributed by atoms with Crippen LogP contribution in [-0.4, -0.2) is 40.2 Å². The molecular weight excluding hydrogens is 367 g/mol. The first-order valence-electron chi connectivity index (χ1n) is 7.88. The third kappa shape index (κ3) is 5.22. The van der Waals surface area contributed by atoms with Crippen LogP contribution in [0.5, 0.6) is 5.75 Å². The van der Waals surface area contributed by atoms with Crippen LogP contribution in [0.2, 0.25) is 0 Å². The van der Waals surface area contributed by atoms with Crippen molar-refractivity contribution in [2.24, 2.45) is 4.99 Å². The topological polar surface area (TPSA) is 91.2 Å². The average molecular weight is 385 g/mol. The van der Waals surface area contributed by atoms with Gasteiger partial charge in [-0.1, -0.05) is 12.1 Å². The zero-order valence-corrected chi connectivity index (χ0v) is 14.7. The van der Waals surface area contributed by atoms with E-state index in [0.717, 1.165) is 0 Å². The van der Waals surface area contributed by atoms with E-state index < -0.39 is 30.6 Å². The molecule has 0 fully saturated rings. The summed E-state index contributed by atoms with van der Waals surface area (Å²) in [6, 6.07) is 4.88. The van der Waals surface area contributed by atoms with Gasteiger partial charge in [-0.2, -0.15) is 0 Å². The average Bonchev–Trinajstić information content (AvgIpc) is 2.52. The molecule has 2 atom stereocenters. The van der Waals surface area contributed by atoms with E-state index in [1.165, 1.54) is 31.2 Å². The first-order chi connectivity index (χ1) is 12.5. The van der Waals surface area contributed by atoms with E-state index in [1.54, 1.807) is 24.8 Å². The molecule has 1 aliphatic heterocycles. The van der Waals surface area contributed by atoms with Crippen LogP contribution in [0.4, 0.5) is 13.2 Å². The molecule has 0 saturated heterocycles. The number of halogens is 3. The van der Waals surface area contributed by atoms with Crippen molar-refractivity contribution in [1.82, 2.24) is 10.2 Å². The number of carboxylic acid groups (broad SMARTS) is 1. The van der Waals surface area contributed by atoms with Gasteiger partial charge in [-0.15, -0.1) is 13.2 Å². The van der Waals surface area contributed by atoms with Gasteiger partial charge >= 0.3 is 12.3 Å². The summed E-state index contributed by atoms with van der Waals surface area (Å²) in [5.74, 6) is -2.07. The van der Waals surface area contributed by atoms with Crippen molar-refractivity contribution in [2.45, 2.75) is 39.5 Å². The molecule has 146 valence electrons. The normalized spacial score (nSPS) is 18.3. The number of hydrogen-bond acceptors (Lipinski definition) is 5. The highest BCUT2D eigenvalue weighted by Gasteiger charge is 2.33. The Hall–Kier alpha value is -3.04. The number of hydrogen-bond donors (Lipinski definition) is 2. The molecular formula is C17H18F3N3O4. The van der Waals surface area contributed by atoms with E-state index in [2.05, 4.69) is 15.0 Å². The second-order valence-corrected chi connectivity index (χ2v) is 5.88. The number of carbonyl (C=O) groups is 2. The van der Waals surface area contributed by atoms with Crippen molar-refractivity contribution in [3.8, 4) is 5.75 Å². The summed E-state index contributed by atoms with van der Waals surface area (Å²) in [4.78, 5) is 28.3. The third-order valence-corrected chi connectivity index (χ3v) is 3.82. The number of ether oxygens (including phenoxy) is 1. The number of carboxylic acids is 1. The fraction of sp³-hybridized carbons (Fsp3) is 0.353. The minimum Gasteiger partial charge on any atom is -0.477 e. The zero-order valence-electron chi connectivity index (χ0n) is 14.7. The molecule has 1 amide bonds. The van der Waals surface area contributed by atoms with Crippen LogP contribution in [-0.2, 0) is 9.59 Å². The van der Waals surface area contributed by atoms with Gasteiger partial charge in [-0.3, -0.25) is 4.79 Å². The summed E-state index contributed by atoms with van der Waals surface area (Å²) in [6.45, 7) is 4.57. The largest absolute Gasteiger partial charge is 0.573 e. The van der Waals surface area contributed by atoms with Crippen molar-refractivity contribution in [2.75, 3.05) is 0 Å². The molecule has 0 aromatic heterocycles.